The van der Waals surface area contributed by atoms with Gasteiger partial charge in [0, 0.05) is 33.6 Å². The van der Waals surface area contributed by atoms with Crippen molar-refractivity contribution in [2.24, 2.45) is 11.0 Å². The predicted molar refractivity (Wildman–Crippen MR) is 109 cm³/mol. The average Bonchev–Trinajstić information content (AvgIpc) is 3.19. The number of ether oxygens (including phenoxy) is 1. The normalized spacial score (nSPS) is 21.6. The number of hydrazone groups is 1. The van der Waals surface area contributed by atoms with Crippen LogP contribution >= 0.6 is 0 Å². The summed E-state index contributed by atoms with van der Waals surface area (Å²) in [6, 6.07) is 8.70. The molecule has 0 bridgehead atoms. The lowest BCUT2D eigenvalue weighted by atomic mass is 9.95. The molecule has 0 aromatic heterocycles. The summed E-state index contributed by atoms with van der Waals surface area (Å²) in [7, 11) is 3.47. The van der Waals surface area contributed by atoms with E-state index >= 15 is 0 Å². The lowest BCUT2D eigenvalue weighted by Crippen LogP contribution is -2.51. The van der Waals surface area contributed by atoms with Crippen molar-refractivity contribution in [3.05, 3.63) is 30.3 Å². The summed E-state index contributed by atoms with van der Waals surface area (Å²) >= 11 is 0. The second-order valence-corrected chi connectivity index (χ2v) is 7.52. The van der Waals surface area contributed by atoms with Crippen LogP contribution in [0.3, 0.4) is 0 Å². The molecule has 8 nitrogen and oxygen atoms in total. The first kappa shape index (κ1) is 20.8. The fourth-order valence-corrected chi connectivity index (χ4v) is 3.81. The van der Waals surface area contributed by atoms with Crippen LogP contribution in [-0.2, 0) is 19.1 Å². The Morgan fingerprint density at radius 1 is 1.21 bits per heavy atom. The first-order valence-corrected chi connectivity index (χ1v) is 10.0. The molecule has 2 amide bonds. The number of esters is 1. The van der Waals surface area contributed by atoms with Gasteiger partial charge in [0.2, 0.25) is 11.8 Å². The third-order valence-electron chi connectivity index (χ3n) is 5.25. The minimum absolute atomic E-state index is 0.0392. The molecule has 0 spiro atoms. The second kappa shape index (κ2) is 9.07. The molecule has 0 saturated carbocycles. The number of para-hydroxylation sites is 1. The van der Waals surface area contributed by atoms with Crippen LogP contribution < -0.4 is 5.01 Å². The molecular weight excluding hydrogens is 372 g/mol. The number of piperidine rings is 1. The van der Waals surface area contributed by atoms with Crippen molar-refractivity contribution in [3.8, 4) is 0 Å². The number of carbonyl (C=O) groups excluding carboxylic acids is 3. The highest BCUT2D eigenvalue weighted by Gasteiger charge is 2.40. The molecule has 2 atom stereocenters. The quantitative estimate of drug-likeness (QED) is 0.700. The van der Waals surface area contributed by atoms with E-state index < -0.39 is 12.0 Å². The van der Waals surface area contributed by atoms with Crippen molar-refractivity contribution in [2.75, 3.05) is 38.8 Å². The summed E-state index contributed by atoms with van der Waals surface area (Å²) in [4.78, 5) is 41.3. The maximum atomic E-state index is 13.4. The molecule has 2 heterocycles. The molecule has 0 N–H and O–H groups in total. The number of hydrogen-bond donors (Lipinski definition) is 0. The number of hydrogen-bond acceptors (Lipinski definition) is 6. The van der Waals surface area contributed by atoms with Gasteiger partial charge in [-0.25, -0.2) is 4.79 Å². The van der Waals surface area contributed by atoms with Crippen molar-refractivity contribution in [1.29, 1.82) is 0 Å². The summed E-state index contributed by atoms with van der Waals surface area (Å²) in [6.07, 6.45) is 1.74. The van der Waals surface area contributed by atoms with Crippen LogP contribution in [-0.4, -0.2) is 73.1 Å². The lowest BCUT2D eigenvalue weighted by molar-refractivity contribution is -0.139. The first-order valence-electron chi connectivity index (χ1n) is 10.0. The number of likely N-dealkylation sites (tertiary alicyclic amines) is 1. The van der Waals surface area contributed by atoms with E-state index in [1.165, 1.54) is 0 Å². The van der Waals surface area contributed by atoms with Crippen LogP contribution in [0, 0.1) is 5.92 Å². The fraction of sp³-hybridized carbons (Fsp3) is 0.524. The summed E-state index contributed by atoms with van der Waals surface area (Å²) in [5, 5.41) is 6.01. The van der Waals surface area contributed by atoms with Crippen molar-refractivity contribution in [1.82, 2.24) is 9.80 Å². The number of carbonyl (C=O) groups is 3. The highest BCUT2D eigenvalue weighted by atomic mass is 16.5. The molecule has 1 fully saturated rings. The van der Waals surface area contributed by atoms with Crippen molar-refractivity contribution < 1.29 is 19.1 Å². The molecule has 3 rings (SSSR count). The van der Waals surface area contributed by atoms with E-state index in [1.54, 1.807) is 35.8 Å². The fourth-order valence-electron chi connectivity index (χ4n) is 3.81. The van der Waals surface area contributed by atoms with Gasteiger partial charge in [-0.2, -0.15) is 5.10 Å². The third kappa shape index (κ3) is 4.58. The lowest BCUT2D eigenvalue weighted by Gasteiger charge is -2.36. The summed E-state index contributed by atoms with van der Waals surface area (Å²) < 4.78 is 5.09. The van der Waals surface area contributed by atoms with Gasteiger partial charge in [-0.3, -0.25) is 14.6 Å². The van der Waals surface area contributed by atoms with E-state index in [9.17, 15) is 14.4 Å². The zero-order chi connectivity index (χ0) is 21.0. The van der Waals surface area contributed by atoms with E-state index in [1.807, 2.05) is 30.3 Å². The standard InChI is InChI=1S/C21H28N4O4/c1-4-29-21(28)17-13-18(25(22-17)16-10-6-5-7-11-16)20(27)24-12-8-9-15(14-24)19(26)23(2)3/h5-7,10-11,15,18H,4,8-9,12-14H2,1-3H3. The van der Waals surface area contributed by atoms with Crippen LogP contribution in [0.15, 0.2) is 35.4 Å². The molecule has 156 valence electrons. The van der Waals surface area contributed by atoms with Gasteiger partial charge in [-0.15, -0.1) is 0 Å². The molecule has 2 aliphatic heterocycles. The Bertz CT molecular complexity index is 793. The first-order chi connectivity index (χ1) is 13.9. The van der Waals surface area contributed by atoms with E-state index in [0.29, 0.717) is 13.1 Å². The van der Waals surface area contributed by atoms with E-state index in [4.69, 9.17) is 4.74 Å². The molecule has 8 heteroatoms. The molecule has 2 unspecified atom stereocenters. The Labute approximate surface area is 171 Å². The third-order valence-corrected chi connectivity index (χ3v) is 5.25. The molecule has 0 aliphatic carbocycles. The van der Waals surface area contributed by atoms with Gasteiger partial charge in [0.15, 0.2) is 0 Å². The van der Waals surface area contributed by atoms with E-state index in [0.717, 1.165) is 18.5 Å². The Hall–Kier alpha value is -2.90. The van der Waals surface area contributed by atoms with Crippen molar-refractivity contribution >= 4 is 29.2 Å². The minimum atomic E-state index is -0.620. The van der Waals surface area contributed by atoms with E-state index in [-0.39, 0.29) is 36.5 Å². The summed E-state index contributed by atoms with van der Waals surface area (Å²) in [5.41, 5.74) is 0.982. The molecular formula is C21H28N4O4. The van der Waals surface area contributed by atoms with E-state index in [2.05, 4.69) is 5.10 Å². The number of anilines is 1. The van der Waals surface area contributed by atoms with Gasteiger partial charge in [0.1, 0.15) is 11.8 Å². The van der Waals surface area contributed by atoms with Gasteiger partial charge >= 0.3 is 5.97 Å². The maximum Gasteiger partial charge on any atom is 0.354 e. The number of benzene rings is 1. The Kier molecular flexibility index (Phi) is 6.51. The molecule has 0 radical (unpaired) electrons. The Morgan fingerprint density at radius 2 is 1.93 bits per heavy atom. The summed E-state index contributed by atoms with van der Waals surface area (Å²) in [6.45, 7) is 2.98. The van der Waals surface area contributed by atoms with Crippen molar-refractivity contribution in [2.45, 2.75) is 32.2 Å². The van der Waals surface area contributed by atoms with Crippen molar-refractivity contribution in [3.63, 3.8) is 0 Å². The van der Waals surface area contributed by atoms with Crippen LogP contribution in [0.4, 0.5) is 5.69 Å². The second-order valence-electron chi connectivity index (χ2n) is 7.52. The van der Waals surface area contributed by atoms with Crippen LogP contribution in [0.1, 0.15) is 26.2 Å². The molecule has 1 saturated heterocycles. The average molecular weight is 400 g/mol. The van der Waals surface area contributed by atoms with Gasteiger partial charge < -0.3 is 14.5 Å². The van der Waals surface area contributed by atoms with Crippen LogP contribution in [0.2, 0.25) is 0 Å². The molecule has 29 heavy (non-hydrogen) atoms. The maximum absolute atomic E-state index is 13.4. The summed E-state index contributed by atoms with van der Waals surface area (Å²) in [5.74, 6) is -0.770. The van der Waals surface area contributed by atoms with Gasteiger partial charge in [0.05, 0.1) is 18.2 Å². The monoisotopic (exact) mass is 400 g/mol. The SMILES string of the molecule is CCOC(=O)C1=NN(c2ccccc2)C(C(=O)N2CCCC(C(=O)N(C)C)C2)C1. The Morgan fingerprint density at radius 3 is 2.59 bits per heavy atom. The topological polar surface area (TPSA) is 82.5 Å². The number of amides is 2. The minimum Gasteiger partial charge on any atom is -0.461 e. The smallest absolute Gasteiger partial charge is 0.354 e. The predicted octanol–water partition coefficient (Wildman–Crippen LogP) is 1.51. The molecule has 1 aromatic carbocycles. The number of nitrogens with zero attached hydrogens (tertiary/aromatic N) is 4. The number of rotatable bonds is 5. The van der Waals surface area contributed by atoms with Gasteiger partial charge in [-0.1, -0.05) is 18.2 Å². The highest BCUT2D eigenvalue weighted by molar-refractivity contribution is 6.38. The largest absolute Gasteiger partial charge is 0.461 e. The van der Waals surface area contributed by atoms with Crippen LogP contribution in [0.25, 0.3) is 0 Å². The zero-order valence-corrected chi connectivity index (χ0v) is 17.2. The molecule has 2 aliphatic rings. The zero-order valence-electron chi connectivity index (χ0n) is 17.2. The van der Waals surface area contributed by atoms with Gasteiger partial charge in [0.25, 0.3) is 0 Å². The van der Waals surface area contributed by atoms with Crippen LogP contribution in [0.5, 0.6) is 0 Å². The molecule has 1 aromatic rings. The Balaban J connectivity index is 1.80. The van der Waals surface area contributed by atoms with Gasteiger partial charge in [-0.05, 0) is 31.9 Å². The highest BCUT2D eigenvalue weighted by Crippen LogP contribution is 2.28.